The fraction of sp³-hybridized carbons (Fsp3) is 0.700. The molecule has 0 rings (SSSR count). The van der Waals surface area contributed by atoms with Gasteiger partial charge in [-0.2, -0.15) is 0 Å². The molecule has 0 unspecified atom stereocenters. The first kappa shape index (κ1) is 13.5. The molecule has 3 nitrogen and oxygen atoms in total. The summed E-state index contributed by atoms with van der Waals surface area (Å²) in [5.41, 5.74) is -0.446. The lowest BCUT2D eigenvalue weighted by molar-refractivity contribution is 0.0280. The molecular formula is C10H18BrNO2. The van der Waals surface area contributed by atoms with Crippen LogP contribution in [0, 0.1) is 0 Å². The van der Waals surface area contributed by atoms with Gasteiger partial charge in [0, 0.05) is 11.0 Å². The van der Waals surface area contributed by atoms with E-state index in [9.17, 15) is 4.79 Å². The minimum atomic E-state index is -0.446. The highest BCUT2D eigenvalue weighted by Gasteiger charge is 2.20. The molecule has 0 bridgehead atoms. The van der Waals surface area contributed by atoms with Crippen molar-refractivity contribution >= 4 is 22.0 Å². The summed E-state index contributed by atoms with van der Waals surface area (Å²) in [5.74, 6) is 0. The third-order valence-electron chi connectivity index (χ3n) is 1.40. The average Bonchev–Trinajstić information content (AvgIpc) is 1.96. The first-order valence-corrected chi connectivity index (χ1v) is 5.36. The van der Waals surface area contributed by atoms with Gasteiger partial charge in [0.25, 0.3) is 0 Å². The number of halogens is 1. The fourth-order valence-corrected chi connectivity index (χ4v) is 1.14. The van der Waals surface area contributed by atoms with Crippen LogP contribution in [-0.4, -0.2) is 29.7 Å². The van der Waals surface area contributed by atoms with E-state index in [2.05, 4.69) is 22.5 Å². The molecule has 0 aromatic heterocycles. The van der Waals surface area contributed by atoms with Gasteiger partial charge < -0.3 is 9.64 Å². The molecule has 0 heterocycles. The molecule has 0 aromatic rings. The van der Waals surface area contributed by atoms with Crippen LogP contribution in [0.3, 0.4) is 0 Å². The summed E-state index contributed by atoms with van der Waals surface area (Å²) >= 11 is 3.22. The molecule has 0 spiro atoms. The Labute approximate surface area is 94.2 Å². The van der Waals surface area contributed by atoms with E-state index in [0.29, 0.717) is 13.1 Å². The molecule has 0 atom stereocenters. The van der Waals surface area contributed by atoms with Gasteiger partial charge in [0.1, 0.15) is 5.60 Å². The molecule has 4 heteroatoms. The lowest BCUT2D eigenvalue weighted by Gasteiger charge is -2.26. The van der Waals surface area contributed by atoms with Gasteiger partial charge in [-0.1, -0.05) is 22.5 Å². The van der Waals surface area contributed by atoms with Crippen molar-refractivity contribution in [3.63, 3.8) is 0 Å². The van der Waals surface area contributed by atoms with Gasteiger partial charge in [-0.15, -0.1) is 0 Å². The normalized spacial score (nSPS) is 10.9. The lowest BCUT2D eigenvalue weighted by atomic mass is 10.2. The number of ether oxygens (including phenoxy) is 1. The number of rotatable bonds is 3. The van der Waals surface area contributed by atoms with Crippen molar-refractivity contribution in [1.29, 1.82) is 0 Å². The molecule has 0 aliphatic heterocycles. The third kappa shape index (κ3) is 6.02. The standard InChI is InChI=1S/C10H18BrNO2/c1-6-12(7-8(2)11)9(13)14-10(3,4)5/h2,6-7H2,1,3-5H3. The summed E-state index contributed by atoms with van der Waals surface area (Å²) in [6.45, 7) is 12.2. The number of hydrogen-bond donors (Lipinski definition) is 0. The van der Waals surface area contributed by atoms with E-state index in [1.165, 1.54) is 0 Å². The van der Waals surface area contributed by atoms with Crippen LogP contribution in [0.4, 0.5) is 4.79 Å². The van der Waals surface area contributed by atoms with Crippen molar-refractivity contribution in [3.8, 4) is 0 Å². The molecule has 0 N–H and O–H groups in total. The molecular weight excluding hydrogens is 246 g/mol. The number of hydrogen-bond acceptors (Lipinski definition) is 2. The van der Waals surface area contributed by atoms with Gasteiger partial charge in [-0.25, -0.2) is 4.79 Å². The maximum Gasteiger partial charge on any atom is 0.410 e. The van der Waals surface area contributed by atoms with Crippen LogP contribution >= 0.6 is 15.9 Å². The van der Waals surface area contributed by atoms with E-state index >= 15 is 0 Å². The molecule has 0 aliphatic carbocycles. The van der Waals surface area contributed by atoms with Crippen molar-refractivity contribution in [1.82, 2.24) is 4.90 Å². The van der Waals surface area contributed by atoms with Crippen molar-refractivity contribution in [3.05, 3.63) is 11.1 Å². The van der Waals surface area contributed by atoms with Crippen LogP contribution in [0.15, 0.2) is 11.1 Å². The Balaban J connectivity index is 4.25. The quantitative estimate of drug-likeness (QED) is 0.783. The summed E-state index contributed by atoms with van der Waals surface area (Å²) in [6.07, 6.45) is -0.305. The molecule has 0 radical (unpaired) electrons. The van der Waals surface area contributed by atoms with E-state index in [4.69, 9.17) is 4.74 Å². The zero-order valence-corrected chi connectivity index (χ0v) is 10.8. The Kier molecular flexibility index (Phi) is 5.19. The third-order valence-corrected chi connectivity index (χ3v) is 1.65. The molecule has 1 amide bonds. The van der Waals surface area contributed by atoms with Crippen molar-refractivity contribution in [2.24, 2.45) is 0 Å². The van der Waals surface area contributed by atoms with Crippen LogP contribution in [0.25, 0.3) is 0 Å². The smallest absolute Gasteiger partial charge is 0.410 e. The summed E-state index contributed by atoms with van der Waals surface area (Å²) < 4.78 is 5.99. The van der Waals surface area contributed by atoms with Crippen LogP contribution in [-0.2, 0) is 4.74 Å². The lowest BCUT2D eigenvalue weighted by Crippen LogP contribution is -2.37. The topological polar surface area (TPSA) is 29.5 Å². The minimum Gasteiger partial charge on any atom is -0.444 e. The summed E-state index contributed by atoms with van der Waals surface area (Å²) in [7, 11) is 0. The second-order valence-electron chi connectivity index (χ2n) is 4.01. The maximum atomic E-state index is 11.6. The van der Waals surface area contributed by atoms with Crippen LogP contribution < -0.4 is 0 Å². The molecule has 14 heavy (non-hydrogen) atoms. The van der Waals surface area contributed by atoms with Gasteiger partial charge >= 0.3 is 6.09 Å². The van der Waals surface area contributed by atoms with E-state index in [1.807, 2.05) is 27.7 Å². The number of likely N-dealkylation sites (N-methyl/N-ethyl adjacent to an activating group) is 1. The van der Waals surface area contributed by atoms with Gasteiger partial charge in [-0.05, 0) is 27.7 Å². The maximum absolute atomic E-state index is 11.6. The van der Waals surface area contributed by atoms with Crippen molar-refractivity contribution < 1.29 is 9.53 Å². The predicted octanol–water partition coefficient (Wildman–Crippen LogP) is 3.15. The van der Waals surface area contributed by atoms with E-state index < -0.39 is 5.60 Å². The van der Waals surface area contributed by atoms with E-state index in [-0.39, 0.29) is 6.09 Å². The monoisotopic (exact) mass is 263 g/mol. The number of nitrogens with zero attached hydrogens (tertiary/aromatic N) is 1. The fourth-order valence-electron chi connectivity index (χ4n) is 0.839. The number of carbonyl (C=O) groups excluding carboxylic acids is 1. The van der Waals surface area contributed by atoms with Crippen molar-refractivity contribution in [2.45, 2.75) is 33.3 Å². The van der Waals surface area contributed by atoms with Gasteiger partial charge in [-0.3, -0.25) is 0 Å². The molecule has 0 saturated carbocycles. The van der Waals surface area contributed by atoms with E-state index in [1.54, 1.807) is 4.90 Å². The van der Waals surface area contributed by atoms with Crippen LogP contribution in [0.5, 0.6) is 0 Å². The highest BCUT2D eigenvalue weighted by Crippen LogP contribution is 2.12. The predicted molar refractivity (Wildman–Crippen MR) is 61.5 cm³/mol. The summed E-state index contributed by atoms with van der Waals surface area (Å²) in [5, 5.41) is 0. The SMILES string of the molecule is C=C(Br)CN(CC)C(=O)OC(C)(C)C. The zero-order valence-electron chi connectivity index (χ0n) is 9.26. The second-order valence-corrected chi connectivity index (χ2v) is 5.13. The Morgan fingerprint density at radius 1 is 1.50 bits per heavy atom. The first-order valence-electron chi connectivity index (χ1n) is 4.57. The van der Waals surface area contributed by atoms with Crippen molar-refractivity contribution in [2.75, 3.05) is 13.1 Å². The molecule has 82 valence electrons. The Morgan fingerprint density at radius 3 is 2.29 bits per heavy atom. The zero-order chi connectivity index (χ0) is 11.4. The highest BCUT2D eigenvalue weighted by atomic mass is 79.9. The minimum absolute atomic E-state index is 0.305. The Hall–Kier alpha value is -0.510. The second kappa shape index (κ2) is 5.39. The van der Waals surface area contributed by atoms with Gasteiger partial charge in [0.2, 0.25) is 0 Å². The Bertz CT molecular complexity index is 221. The number of amides is 1. The molecule has 0 saturated heterocycles. The van der Waals surface area contributed by atoms with Gasteiger partial charge in [0.05, 0.1) is 6.54 Å². The Morgan fingerprint density at radius 2 is 2.00 bits per heavy atom. The summed E-state index contributed by atoms with van der Waals surface area (Å²) in [4.78, 5) is 13.2. The van der Waals surface area contributed by atoms with Crippen LogP contribution in [0.2, 0.25) is 0 Å². The van der Waals surface area contributed by atoms with Crippen LogP contribution in [0.1, 0.15) is 27.7 Å². The molecule has 0 aromatic carbocycles. The molecule has 0 aliphatic rings. The van der Waals surface area contributed by atoms with E-state index in [0.717, 1.165) is 4.48 Å². The first-order chi connectivity index (χ1) is 6.26. The average molecular weight is 264 g/mol. The largest absolute Gasteiger partial charge is 0.444 e. The van der Waals surface area contributed by atoms with Gasteiger partial charge in [0.15, 0.2) is 0 Å². The number of carbonyl (C=O) groups is 1. The highest BCUT2D eigenvalue weighted by molar-refractivity contribution is 9.11. The summed E-state index contributed by atoms with van der Waals surface area (Å²) in [6, 6.07) is 0. The molecule has 0 fully saturated rings.